The summed E-state index contributed by atoms with van der Waals surface area (Å²) in [5.41, 5.74) is 2.27. The minimum atomic E-state index is -0.143. The predicted molar refractivity (Wildman–Crippen MR) is 95.5 cm³/mol. The van der Waals surface area contributed by atoms with Crippen LogP contribution in [0, 0.1) is 0 Å². The summed E-state index contributed by atoms with van der Waals surface area (Å²) in [5, 5.41) is 2.94. The molecule has 0 fully saturated rings. The zero-order valence-corrected chi connectivity index (χ0v) is 14.5. The van der Waals surface area contributed by atoms with Gasteiger partial charge in [0.05, 0.1) is 12.6 Å². The molecule has 24 heavy (non-hydrogen) atoms. The first-order chi connectivity index (χ1) is 11.6. The first kappa shape index (κ1) is 17.9. The van der Waals surface area contributed by atoms with Gasteiger partial charge in [-0.1, -0.05) is 31.2 Å². The molecule has 0 aromatic heterocycles. The van der Waals surface area contributed by atoms with Crippen molar-refractivity contribution in [3.8, 4) is 11.5 Å². The SMILES string of the molecule is CCOc1ccc([C@H](C)NC(=O)COc2ccc(CC)cc2)cc1. The number of hydrogen-bond donors (Lipinski definition) is 1. The van der Waals surface area contributed by atoms with E-state index in [0.29, 0.717) is 12.4 Å². The van der Waals surface area contributed by atoms with Crippen LogP contribution in [0.25, 0.3) is 0 Å². The minimum Gasteiger partial charge on any atom is -0.494 e. The first-order valence-corrected chi connectivity index (χ1v) is 8.36. The topological polar surface area (TPSA) is 47.6 Å². The van der Waals surface area contributed by atoms with Crippen LogP contribution in [-0.2, 0) is 11.2 Å². The molecular formula is C20H25NO3. The molecule has 0 unspecified atom stereocenters. The predicted octanol–water partition coefficient (Wildman–Crippen LogP) is 3.90. The monoisotopic (exact) mass is 327 g/mol. The van der Waals surface area contributed by atoms with Crippen LogP contribution in [-0.4, -0.2) is 19.1 Å². The first-order valence-electron chi connectivity index (χ1n) is 8.36. The van der Waals surface area contributed by atoms with E-state index in [4.69, 9.17) is 9.47 Å². The van der Waals surface area contributed by atoms with Crippen LogP contribution in [0.5, 0.6) is 11.5 Å². The normalized spacial score (nSPS) is 11.6. The fraction of sp³-hybridized carbons (Fsp3) is 0.350. The second-order valence-electron chi connectivity index (χ2n) is 5.58. The van der Waals surface area contributed by atoms with Gasteiger partial charge in [0.1, 0.15) is 11.5 Å². The second kappa shape index (κ2) is 8.96. The van der Waals surface area contributed by atoms with Gasteiger partial charge in [-0.25, -0.2) is 0 Å². The summed E-state index contributed by atoms with van der Waals surface area (Å²) in [4.78, 5) is 12.0. The van der Waals surface area contributed by atoms with E-state index in [1.54, 1.807) is 0 Å². The Morgan fingerprint density at radius 1 is 0.958 bits per heavy atom. The van der Waals surface area contributed by atoms with Crippen LogP contribution in [0.2, 0.25) is 0 Å². The molecule has 2 aromatic rings. The highest BCUT2D eigenvalue weighted by atomic mass is 16.5. The maximum Gasteiger partial charge on any atom is 0.258 e. The van der Waals surface area contributed by atoms with Gasteiger partial charge in [-0.05, 0) is 55.7 Å². The van der Waals surface area contributed by atoms with Gasteiger partial charge in [0.2, 0.25) is 0 Å². The fourth-order valence-corrected chi connectivity index (χ4v) is 2.36. The lowest BCUT2D eigenvalue weighted by Crippen LogP contribution is -2.31. The van der Waals surface area contributed by atoms with E-state index in [-0.39, 0.29) is 18.6 Å². The Bertz CT molecular complexity index is 635. The lowest BCUT2D eigenvalue weighted by molar-refractivity contribution is -0.123. The number of carbonyl (C=O) groups excluding carboxylic acids is 1. The van der Waals surface area contributed by atoms with Crippen LogP contribution >= 0.6 is 0 Å². The Morgan fingerprint density at radius 2 is 1.54 bits per heavy atom. The zero-order chi connectivity index (χ0) is 17.4. The van der Waals surface area contributed by atoms with Gasteiger partial charge >= 0.3 is 0 Å². The van der Waals surface area contributed by atoms with Crippen molar-refractivity contribution in [1.82, 2.24) is 5.32 Å². The average Bonchev–Trinajstić information content (AvgIpc) is 2.61. The molecule has 2 aromatic carbocycles. The summed E-state index contributed by atoms with van der Waals surface area (Å²) in [6.07, 6.45) is 0.986. The molecule has 4 heteroatoms. The molecule has 128 valence electrons. The van der Waals surface area contributed by atoms with Gasteiger partial charge in [-0.2, -0.15) is 0 Å². The van der Waals surface area contributed by atoms with Crippen molar-refractivity contribution in [3.63, 3.8) is 0 Å². The molecule has 1 N–H and O–H groups in total. The number of rotatable bonds is 8. The summed E-state index contributed by atoms with van der Waals surface area (Å²) in [6.45, 7) is 6.65. The fourth-order valence-electron chi connectivity index (χ4n) is 2.36. The van der Waals surface area contributed by atoms with Crippen molar-refractivity contribution in [2.75, 3.05) is 13.2 Å². The molecule has 0 aliphatic rings. The van der Waals surface area contributed by atoms with Crippen molar-refractivity contribution < 1.29 is 14.3 Å². The summed E-state index contributed by atoms with van der Waals surface area (Å²) >= 11 is 0. The number of amides is 1. The molecule has 0 saturated carbocycles. The molecule has 0 aliphatic carbocycles. The van der Waals surface area contributed by atoms with E-state index in [9.17, 15) is 4.79 Å². The van der Waals surface area contributed by atoms with E-state index < -0.39 is 0 Å². The molecule has 4 nitrogen and oxygen atoms in total. The summed E-state index contributed by atoms with van der Waals surface area (Å²) < 4.78 is 10.9. The highest BCUT2D eigenvalue weighted by Crippen LogP contribution is 2.18. The van der Waals surface area contributed by atoms with Crippen LogP contribution in [0.1, 0.15) is 37.9 Å². The molecule has 0 aliphatic heterocycles. The van der Waals surface area contributed by atoms with Gasteiger partial charge in [-0.3, -0.25) is 4.79 Å². The maximum absolute atomic E-state index is 12.0. The standard InChI is InChI=1S/C20H25NO3/c1-4-16-6-10-19(11-7-16)24-14-20(22)21-15(3)17-8-12-18(13-9-17)23-5-2/h6-13,15H,4-5,14H2,1-3H3,(H,21,22)/t15-/m0/s1. The van der Waals surface area contributed by atoms with Crippen molar-refractivity contribution in [2.24, 2.45) is 0 Å². The van der Waals surface area contributed by atoms with Crippen LogP contribution in [0.15, 0.2) is 48.5 Å². The lowest BCUT2D eigenvalue weighted by atomic mass is 10.1. The van der Waals surface area contributed by atoms with Crippen LogP contribution in [0.4, 0.5) is 0 Å². The van der Waals surface area contributed by atoms with E-state index in [1.807, 2.05) is 62.4 Å². The third-order valence-electron chi connectivity index (χ3n) is 3.77. The molecule has 0 bridgehead atoms. The van der Waals surface area contributed by atoms with Crippen molar-refractivity contribution in [3.05, 3.63) is 59.7 Å². The lowest BCUT2D eigenvalue weighted by Gasteiger charge is -2.15. The zero-order valence-electron chi connectivity index (χ0n) is 14.5. The number of ether oxygens (including phenoxy) is 2. The minimum absolute atomic E-state index is 0.00679. The number of nitrogens with one attached hydrogen (secondary N) is 1. The quantitative estimate of drug-likeness (QED) is 0.800. The highest BCUT2D eigenvalue weighted by Gasteiger charge is 2.10. The maximum atomic E-state index is 12.0. The molecule has 0 saturated heterocycles. The second-order valence-corrected chi connectivity index (χ2v) is 5.58. The molecule has 0 heterocycles. The van der Waals surface area contributed by atoms with E-state index >= 15 is 0 Å². The van der Waals surface area contributed by atoms with Crippen molar-refractivity contribution >= 4 is 5.91 Å². The summed E-state index contributed by atoms with van der Waals surface area (Å²) in [6, 6.07) is 15.5. The van der Waals surface area contributed by atoms with Gasteiger partial charge < -0.3 is 14.8 Å². The molecule has 1 amide bonds. The van der Waals surface area contributed by atoms with Gasteiger partial charge in [0.25, 0.3) is 5.91 Å². The Kier molecular flexibility index (Phi) is 6.67. The number of benzene rings is 2. The van der Waals surface area contributed by atoms with Gasteiger partial charge in [0, 0.05) is 0 Å². The number of hydrogen-bond acceptors (Lipinski definition) is 3. The Balaban J connectivity index is 1.82. The van der Waals surface area contributed by atoms with Crippen molar-refractivity contribution in [1.29, 1.82) is 0 Å². The molecule has 0 spiro atoms. The Hall–Kier alpha value is -2.49. The molecule has 2 rings (SSSR count). The molecule has 1 atom stereocenters. The van der Waals surface area contributed by atoms with Crippen LogP contribution in [0.3, 0.4) is 0 Å². The van der Waals surface area contributed by atoms with E-state index in [2.05, 4.69) is 12.2 Å². The highest BCUT2D eigenvalue weighted by molar-refractivity contribution is 5.78. The molecular weight excluding hydrogens is 302 g/mol. The third-order valence-corrected chi connectivity index (χ3v) is 3.77. The number of aryl methyl sites for hydroxylation is 1. The Labute approximate surface area is 143 Å². The largest absolute Gasteiger partial charge is 0.494 e. The third kappa shape index (κ3) is 5.30. The Morgan fingerprint density at radius 3 is 2.12 bits per heavy atom. The average molecular weight is 327 g/mol. The van der Waals surface area contributed by atoms with Crippen LogP contribution < -0.4 is 14.8 Å². The number of carbonyl (C=O) groups is 1. The van der Waals surface area contributed by atoms with Gasteiger partial charge in [-0.15, -0.1) is 0 Å². The van der Waals surface area contributed by atoms with E-state index in [0.717, 1.165) is 17.7 Å². The van der Waals surface area contributed by atoms with E-state index in [1.165, 1.54) is 5.56 Å². The summed E-state index contributed by atoms with van der Waals surface area (Å²) in [7, 11) is 0. The van der Waals surface area contributed by atoms with Crippen molar-refractivity contribution in [2.45, 2.75) is 33.2 Å². The smallest absolute Gasteiger partial charge is 0.258 e. The molecule has 0 radical (unpaired) electrons. The van der Waals surface area contributed by atoms with Gasteiger partial charge in [0.15, 0.2) is 6.61 Å². The summed E-state index contributed by atoms with van der Waals surface area (Å²) in [5.74, 6) is 1.39.